The third-order valence-corrected chi connectivity index (χ3v) is 5.94. The number of carbonyl (C=O) groups excluding carboxylic acids is 1. The van der Waals surface area contributed by atoms with E-state index in [1.165, 1.54) is 17.2 Å². The van der Waals surface area contributed by atoms with E-state index >= 15 is 0 Å². The minimum atomic E-state index is -0.281. The van der Waals surface area contributed by atoms with Crippen LogP contribution in [0, 0.1) is 0 Å². The lowest BCUT2D eigenvalue weighted by molar-refractivity contribution is -0.111. The molecule has 2 aromatic carbocycles. The van der Waals surface area contributed by atoms with Crippen molar-refractivity contribution < 1.29 is 9.53 Å². The van der Waals surface area contributed by atoms with E-state index in [1.807, 2.05) is 18.2 Å². The van der Waals surface area contributed by atoms with Crippen LogP contribution in [-0.2, 0) is 22.5 Å². The molecule has 0 atom stereocenters. The van der Waals surface area contributed by atoms with Crippen LogP contribution in [0.5, 0.6) is 0 Å². The summed E-state index contributed by atoms with van der Waals surface area (Å²) in [6.07, 6.45) is 3.71. The number of hydrogen-bond donors (Lipinski definition) is 3. The van der Waals surface area contributed by atoms with E-state index in [0.717, 1.165) is 50.6 Å². The number of anilines is 5. The number of aromatic nitrogens is 2. The minimum Gasteiger partial charge on any atom is -0.379 e. The Morgan fingerprint density at radius 3 is 2.66 bits per heavy atom. The third-order valence-electron chi connectivity index (χ3n) is 5.66. The highest BCUT2D eigenvalue weighted by molar-refractivity contribution is 6.32. The number of morpholine rings is 1. The summed E-state index contributed by atoms with van der Waals surface area (Å²) in [7, 11) is 0. The molecule has 0 aliphatic carbocycles. The Labute approximate surface area is 210 Å². The highest BCUT2D eigenvalue weighted by Crippen LogP contribution is 2.27. The molecule has 3 aromatic rings. The molecule has 1 aliphatic heterocycles. The van der Waals surface area contributed by atoms with Gasteiger partial charge >= 0.3 is 0 Å². The van der Waals surface area contributed by atoms with Gasteiger partial charge in [-0.3, -0.25) is 9.69 Å². The number of benzene rings is 2. The van der Waals surface area contributed by atoms with Gasteiger partial charge in [0.2, 0.25) is 11.9 Å². The fourth-order valence-electron chi connectivity index (χ4n) is 3.84. The van der Waals surface area contributed by atoms with Crippen molar-refractivity contribution in [2.75, 3.05) is 42.3 Å². The van der Waals surface area contributed by atoms with Gasteiger partial charge in [0.1, 0.15) is 5.02 Å². The van der Waals surface area contributed by atoms with Crippen LogP contribution in [0.3, 0.4) is 0 Å². The molecule has 1 amide bonds. The fraction of sp³-hybridized carbons (Fsp3) is 0.269. The highest BCUT2D eigenvalue weighted by atomic mass is 35.5. The molecule has 1 aliphatic rings. The lowest BCUT2D eigenvalue weighted by Crippen LogP contribution is -2.35. The Hall–Kier alpha value is -3.46. The lowest BCUT2D eigenvalue weighted by Gasteiger charge is -2.27. The van der Waals surface area contributed by atoms with Crippen LogP contribution in [0.4, 0.5) is 28.8 Å². The average molecular weight is 493 g/mol. The number of hydrogen-bond acceptors (Lipinski definition) is 7. The van der Waals surface area contributed by atoms with E-state index in [0.29, 0.717) is 22.5 Å². The molecule has 0 bridgehead atoms. The van der Waals surface area contributed by atoms with Gasteiger partial charge in [-0.1, -0.05) is 37.2 Å². The normalized spacial score (nSPS) is 13.8. The summed E-state index contributed by atoms with van der Waals surface area (Å²) in [5, 5.41) is 9.59. The van der Waals surface area contributed by atoms with Crippen LogP contribution in [0.15, 0.2) is 61.3 Å². The fourth-order valence-corrected chi connectivity index (χ4v) is 3.97. The van der Waals surface area contributed by atoms with Gasteiger partial charge < -0.3 is 20.7 Å². The molecule has 1 aromatic heterocycles. The maximum absolute atomic E-state index is 11.6. The van der Waals surface area contributed by atoms with Crippen molar-refractivity contribution in [3.8, 4) is 0 Å². The standard InChI is InChI=1S/C26H29ClN6O2/c1-3-18-14-22(9-8-19(18)17-33-10-12-35-13-11-33)31-26-28-16-23(27)25(32-26)30-21-7-5-6-20(15-21)29-24(34)4-2/h4-9,14-16H,2-3,10-13,17H2,1H3,(H,29,34)(H2,28,30,31,32). The van der Waals surface area contributed by atoms with Crippen LogP contribution in [0.1, 0.15) is 18.1 Å². The Balaban J connectivity index is 1.47. The van der Waals surface area contributed by atoms with Gasteiger partial charge in [0.15, 0.2) is 5.82 Å². The summed E-state index contributed by atoms with van der Waals surface area (Å²) in [5.74, 6) is 0.600. The quantitative estimate of drug-likeness (QED) is 0.356. The van der Waals surface area contributed by atoms with E-state index in [1.54, 1.807) is 18.3 Å². The molecule has 1 saturated heterocycles. The first-order valence-corrected chi connectivity index (χ1v) is 11.9. The van der Waals surface area contributed by atoms with Crippen LogP contribution < -0.4 is 16.0 Å². The largest absolute Gasteiger partial charge is 0.379 e. The first-order chi connectivity index (χ1) is 17.0. The Morgan fingerprint density at radius 1 is 1.11 bits per heavy atom. The second-order valence-electron chi connectivity index (χ2n) is 8.14. The van der Waals surface area contributed by atoms with Crippen LogP contribution in [0.25, 0.3) is 0 Å². The van der Waals surface area contributed by atoms with Crippen molar-refractivity contribution in [3.05, 3.63) is 77.5 Å². The summed E-state index contributed by atoms with van der Waals surface area (Å²) >= 11 is 6.34. The van der Waals surface area contributed by atoms with Crippen molar-refractivity contribution in [2.24, 2.45) is 0 Å². The Morgan fingerprint density at radius 2 is 1.89 bits per heavy atom. The third kappa shape index (κ3) is 6.79. The highest BCUT2D eigenvalue weighted by Gasteiger charge is 2.13. The molecule has 0 saturated carbocycles. The van der Waals surface area contributed by atoms with Crippen molar-refractivity contribution in [3.63, 3.8) is 0 Å². The van der Waals surface area contributed by atoms with Gasteiger partial charge in [-0.25, -0.2) is 4.98 Å². The number of rotatable bonds is 9. The second-order valence-corrected chi connectivity index (χ2v) is 8.55. The number of amides is 1. The maximum atomic E-state index is 11.6. The van der Waals surface area contributed by atoms with E-state index in [2.05, 4.69) is 56.5 Å². The van der Waals surface area contributed by atoms with Gasteiger partial charge in [0, 0.05) is 36.7 Å². The van der Waals surface area contributed by atoms with Gasteiger partial charge in [0.25, 0.3) is 0 Å². The molecule has 0 unspecified atom stereocenters. The Bertz CT molecular complexity index is 1200. The molecule has 8 nitrogen and oxygen atoms in total. The first kappa shape index (κ1) is 24.7. The van der Waals surface area contributed by atoms with Gasteiger partial charge in [-0.2, -0.15) is 4.98 Å². The number of nitrogens with zero attached hydrogens (tertiary/aromatic N) is 3. The summed E-state index contributed by atoms with van der Waals surface area (Å²) in [5.41, 5.74) is 4.87. The van der Waals surface area contributed by atoms with E-state index < -0.39 is 0 Å². The Kier molecular flexibility index (Phi) is 8.31. The number of halogens is 1. The predicted molar refractivity (Wildman–Crippen MR) is 141 cm³/mol. The monoisotopic (exact) mass is 492 g/mol. The van der Waals surface area contributed by atoms with Crippen molar-refractivity contribution in [2.45, 2.75) is 19.9 Å². The SMILES string of the molecule is C=CC(=O)Nc1cccc(Nc2nc(Nc3ccc(CN4CCOCC4)c(CC)c3)ncc2Cl)c1. The molecule has 0 spiro atoms. The summed E-state index contributed by atoms with van der Waals surface area (Å²) < 4.78 is 5.46. The van der Waals surface area contributed by atoms with E-state index in [-0.39, 0.29) is 5.91 Å². The molecule has 3 N–H and O–H groups in total. The number of carbonyl (C=O) groups is 1. The smallest absolute Gasteiger partial charge is 0.247 e. The lowest BCUT2D eigenvalue weighted by atomic mass is 10.0. The van der Waals surface area contributed by atoms with Crippen LogP contribution in [0.2, 0.25) is 5.02 Å². The molecule has 35 heavy (non-hydrogen) atoms. The topological polar surface area (TPSA) is 91.4 Å². The predicted octanol–water partition coefficient (Wildman–Crippen LogP) is 5.14. The van der Waals surface area contributed by atoms with Crippen molar-refractivity contribution in [1.82, 2.24) is 14.9 Å². The molecule has 9 heteroatoms. The molecular formula is C26H29ClN6O2. The molecular weight excluding hydrogens is 464 g/mol. The molecule has 1 fully saturated rings. The molecule has 182 valence electrons. The van der Waals surface area contributed by atoms with Gasteiger partial charge in [0.05, 0.1) is 19.4 Å². The summed E-state index contributed by atoms with van der Waals surface area (Å²) in [4.78, 5) is 22.9. The molecule has 2 heterocycles. The van der Waals surface area contributed by atoms with Gasteiger partial charge in [-0.15, -0.1) is 0 Å². The van der Waals surface area contributed by atoms with Crippen molar-refractivity contribution in [1.29, 1.82) is 0 Å². The summed E-state index contributed by atoms with van der Waals surface area (Å²) in [6.45, 7) is 10.1. The van der Waals surface area contributed by atoms with Crippen molar-refractivity contribution >= 4 is 46.3 Å². The number of aryl methyl sites for hydroxylation is 1. The minimum absolute atomic E-state index is 0.281. The van der Waals surface area contributed by atoms with E-state index in [4.69, 9.17) is 16.3 Å². The zero-order valence-electron chi connectivity index (χ0n) is 19.7. The average Bonchev–Trinajstić information content (AvgIpc) is 2.87. The molecule has 0 radical (unpaired) electrons. The van der Waals surface area contributed by atoms with Crippen LogP contribution >= 0.6 is 11.6 Å². The number of nitrogens with one attached hydrogen (secondary N) is 3. The zero-order chi connectivity index (χ0) is 24.6. The zero-order valence-corrected chi connectivity index (χ0v) is 20.4. The summed E-state index contributed by atoms with van der Waals surface area (Å²) in [6, 6.07) is 13.6. The van der Waals surface area contributed by atoms with E-state index in [9.17, 15) is 4.79 Å². The first-order valence-electron chi connectivity index (χ1n) is 11.6. The van der Waals surface area contributed by atoms with Crippen LogP contribution in [-0.4, -0.2) is 47.1 Å². The number of ether oxygens (including phenoxy) is 1. The second kappa shape index (κ2) is 11.8. The molecule has 4 rings (SSSR count). The maximum Gasteiger partial charge on any atom is 0.247 e. The van der Waals surface area contributed by atoms with Gasteiger partial charge in [-0.05, 0) is 54.0 Å².